The molecular weight excluding hydrogens is 464 g/mol. The summed E-state index contributed by atoms with van der Waals surface area (Å²) in [4.78, 5) is 18.6. The van der Waals surface area contributed by atoms with Gasteiger partial charge in [0.15, 0.2) is 5.82 Å². The first-order valence-corrected chi connectivity index (χ1v) is 12.4. The molecule has 2 atom stereocenters. The van der Waals surface area contributed by atoms with Crippen LogP contribution in [0.2, 0.25) is 5.02 Å². The Morgan fingerprint density at radius 2 is 2.00 bits per heavy atom. The number of piperidine rings is 1. The van der Waals surface area contributed by atoms with Gasteiger partial charge in [0.25, 0.3) is 0 Å². The second-order valence-corrected chi connectivity index (χ2v) is 10.6. The Bertz CT molecular complexity index is 1020. The van der Waals surface area contributed by atoms with E-state index in [-0.39, 0.29) is 30.3 Å². The number of pyridine rings is 1. The number of hydrogen-bond donors (Lipinski definition) is 3. The summed E-state index contributed by atoms with van der Waals surface area (Å²) in [6.45, 7) is 5.22. The third-order valence-electron chi connectivity index (χ3n) is 7.07. The molecule has 11 heteroatoms. The van der Waals surface area contributed by atoms with Crippen LogP contribution < -0.4 is 15.5 Å². The van der Waals surface area contributed by atoms with Gasteiger partial charge in [0.05, 0.1) is 36.6 Å². The molecule has 3 aliphatic rings. The lowest BCUT2D eigenvalue weighted by Gasteiger charge is -2.41. The van der Waals surface area contributed by atoms with E-state index < -0.39 is 0 Å². The molecule has 0 amide bonds. The average Bonchev–Trinajstić information content (AvgIpc) is 3.08. The molecule has 178 valence electrons. The van der Waals surface area contributed by atoms with Gasteiger partial charge in [0.2, 0.25) is 0 Å². The largest absolute Gasteiger partial charge is 0.390 e. The third kappa shape index (κ3) is 4.28. The summed E-state index contributed by atoms with van der Waals surface area (Å²) in [6.07, 6.45) is 5.04. The molecule has 4 N–H and O–H groups in total. The predicted molar refractivity (Wildman–Crippen MR) is 127 cm³/mol. The second-order valence-electron chi connectivity index (χ2n) is 9.14. The molecule has 5 rings (SSSR count). The standard InChI is InChI=1S/C22H29ClN6O3S/c1-13-19(24)22(12-32-13)3-6-28(7-4-22)20-15(11-30)27-17(8-26-20)33-16-2-5-25-21(18(16)23)29-9-14(31)10-29/h2,5,8,13-14,19,30-31H,3-4,6-7,9-12,24H2,1H3/t13-,19+/m0/s1. The van der Waals surface area contributed by atoms with E-state index in [1.807, 2.05) is 17.9 Å². The van der Waals surface area contributed by atoms with Crippen molar-refractivity contribution in [1.82, 2.24) is 15.0 Å². The minimum absolute atomic E-state index is 0.0286. The molecule has 1 spiro atoms. The maximum atomic E-state index is 10.0. The molecule has 5 heterocycles. The van der Waals surface area contributed by atoms with Crippen LogP contribution in [0, 0.1) is 5.41 Å². The Hall–Kier alpha value is -1.69. The van der Waals surface area contributed by atoms with Crippen molar-refractivity contribution in [2.24, 2.45) is 11.1 Å². The summed E-state index contributed by atoms with van der Waals surface area (Å²) in [5.41, 5.74) is 7.01. The number of anilines is 2. The van der Waals surface area contributed by atoms with Gasteiger partial charge in [0.1, 0.15) is 16.5 Å². The maximum Gasteiger partial charge on any atom is 0.152 e. The SMILES string of the molecule is C[C@@H]1OCC2(CCN(c3ncc(Sc4ccnc(N5CC(O)C5)c4Cl)nc3CO)CC2)[C@@H]1N. The fraction of sp³-hybridized carbons (Fsp3) is 0.591. The number of β-amino-alcohol motifs (C(OH)–C–C–N with tert-alkyl or cyclic N) is 1. The zero-order chi connectivity index (χ0) is 23.2. The number of aliphatic hydroxyl groups is 2. The molecular formula is C22H29ClN6O3S. The number of nitrogens with zero attached hydrogens (tertiary/aromatic N) is 5. The average molecular weight is 493 g/mol. The van der Waals surface area contributed by atoms with Crippen LogP contribution >= 0.6 is 23.4 Å². The van der Waals surface area contributed by atoms with Crippen LogP contribution in [0.25, 0.3) is 0 Å². The molecule has 2 aromatic rings. The number of nitrogens with two attached hydrogens (primary N) is 1. The van der Waals surface area contributed by atoms with Crippen molar-refractivity contribution in [3.8, 4) is 0 Å². The Morgan fingerprint density at radius 1 is 1.24 bits per heavy atom. The van der Waals surface area contributed by atoms with Crippen molar-refractivity contribution in [3.63, 3.8) is 0 Å². The molecule has 9 nitrogen and oxygen atoms in total. The molecule has 3 fully saturated rings. The van der Waals surface area contributed by atoms with Gasteiger partial charge in [-0.3, -0.25) is 0 Å². The van der Waals surface area contributed by atoms with Gasteiger partial charge in [-0.15, -0.1) is 0 Å². The fourth-order valence-electron chi connectivity index (χ4n) is 4.91. The first-order chi connectivity index (χ1) is 15.9. The Balaban J connectivity index is 1.30. The number of ether oxygens (including phenoxy) is 1. The minimum Gasteiger partial charge on any atom is -0.390 e. The van der Waals surface area contributed by atoms with Crippen LogP contribution in [-0.4, -0.2) is 76.2 Å². The van der Waals surface area contributed by atoms with Crippen molar-refractivity contribution < 1.29 is 14.9 Å². The first kappa shape index (κ1) is 23.1. The lowest BCUT2D eigenvalue weighted by molar-refractivity contribution is 0.0973. The summed E-state index contributed by atoms with van der Waals surface area (Å²) in [5, 5.41) is 20.8. The van der Waals surface area contributed by atoms with E-state index in [4.69, 9.17) is 22.1 Å². The Kier molecular flexibility index (Phi) is 6.41. The highest BCUT2D eigenvalue weighted by molar-refractivity contribution is 7.99. The molecule has 33 heavy (non-hydrogen) atoms. The van der Waals surface area contributed by atoms with Crippen LogP contribution in [0.5, 0.6) is 0 Å². The number of hydrogen-bond acceptors (Lipinski definition) is 10. The smallest absolute Gasteiger partial charge is 0.152 e. The van der Waals surface area contributed by atoms with Crippen LogP contribution in [0.15, 0.2) is 28.4 Å². The van der Waals surface area contributed by atoms with Crippen molar-refractivity contribution in [2.75, 3.05) is 42.6 Å². The zero-order valence-electron chi connectivity index (χ0n) is 18.5. The Labute approximate surface area is 202 Å². The molecule has 0 radical (unpaired) electrons. The van der Waals surface area contributed by atoms with Gasteiger partial charge >= 0.3 is 0 Å². The first-order valence-electron chi connectivity index (χ1n) is 11.2. The van der Waals surface area contributed by atoms with Gasteiger partial charge in [-0.2, -0.15) is 0 Å². The molecule has 0 aromatic carbocycles. The summed E-state index contributed by atoms with van der Waals surface area (Å²) in [7, 11) is 0. The second kappa shape index (κ2) is 9.16. The molecule has 0 bridgehead atoms. The summed E-state index contributed by atoms with van der Waals surface area (Å²) in [6, 6.07) is 1.88. The van der Waals surface area contributed by atoms with Gasteiger partial charge in [0, 0.05) is 48.7 Å². The highest BCUT2D eigenvalue weighted by atomic mass is 35.5. The number of aliphatic hydroxyl groups excluding tert-OH is 2. The van der Waals surface area contributed by atoms with E-state index in [2.05, 4.69) is 19.9 Å². The van der Waals surface area contributed by atoms with Crippen LogP contribution in [0.3, 0.4) is 0 Å². The fourth-order valence-corrected chi connectivity index (χ4v) is 6.06. The van der Waals surface area contributed by atoms with Crippen LogP contribution in [0.1, 0.15) is 25.5 Å². The number of aromatic nitrogens is 3. The molecule has 3 saturated heterocycles. The summed E-state index contributed by atoms with van der Waals surface area (Å²) >= 11 is 7.97. The van der Waals surface area contributed by atoms with E-state index in [9.17, 15) is 10.2 Å². The molecule has 3 aliphatic heterocycles. The zero-order valence-corrected chi connectivity index (χ0v) is 20.1. The van der Waals surface area contributed by atoms with E-state index in [1.165, 1.54) is 11.8 Å². The highest BCUT2D eigenvalue weighted by Gasteiger charge is 2.47. The lowest BCUT2D eigenvalue weighted by atomic mass is 9.73. The van der Waals surface area contributed by atoms with E-state index in [1.54, 1.807) is 12.4 Å². The maximum absolute atomic E-state index is 10.0. The number of halogens is 1. The lowest BCUT2D eigenvalue weighted by Crippen LogP contribution is -2.51. The summed E-state index contributed by atoms with van der Waals surface area (Å²) in [5.74, 6) is 1.37. The minimum atomic E-state index is -0.338. The van der Waals surface area contributed by atoms with Gasteiger partial charge in [-0.25, -0.2) is 15.0 Å². The van der Waals surface area contributed by atoms with Crippen molar-refractivity contribution >= 4 is 35.0 Å². The molecule has 2 aromatic heterocycles. The van der Waals surface area contributed by atoms with Crippen molar-refractivity contribution in [2.45, 2.75) is 54.5 Å². The molecule has 0 saturated carbocycles. The van der Waals surface area contributed by atoms with E-state index >= 15 is 0 Å². The van der Waals surface area contributed by atoms with Crippen LogP contribution in [-0.2, 0) is 11.3 Å². The Morgan fingerprint density at radius 3 is 2.64 bits per heavy atom. The highest BCUT2D eigenvalue weighted by Crippen LogP contribution is 2.42. The van der Waals surface area contributed by atoms with E-state index in [0.717, 1.165) is 30.8 Å². The normalized spacial score (nSPS) is 25.0. The predicted octanol–water partition coefficient (Wildman–Crippen LogP) is 1.68. The van der Waals surface area contributed by atoms with Crippen molar-refractivity contribution in [1.29, 1.82) is 0 Å². The third-order valence-corrected chi connectivity index (χ3v) is 8.52. The molecule has 0 unspecified atom stereocenters. The van der Waals surface area contributed by atoms with Crippen molar-refractivity contribution in [3.05, 3.63) is 29.2 Å². The topological polar surface area (TPSA) is 121 Å². The molecule has 0 aliphatic carbocycles. The van der Waals surface area contributed by atoms with Crippen LogP contribution in [0.4, 0.5) is 11.6 Å². The number of rotatable bonds is 5. The van der Waals surface area contributed by atoms with Gasteiger partial charge in [-0.1, -0.05) is 23.4 Å². The van der Waals surface area contributed by atoms with Gasteiger partial charge < -0.3 is 30.5 Å². The monoisotopic (exact) mass is 492 g/mol. The van der Waals surface area contributed by atoms with Gasteiger partial charge in [-0.05, 0) is 25.8 Å². The van der Waals surface area contributed by atoms with E-state index in [0.29, 0.717) is 47.1 Å². The summed E-state index contributed by atoms with van der Waals surface area (Å²) < 4.78 is 5.82. The quantitative estimate of drug-likeness (QED) is 0.568.